The summed E-state index contributed by atoms with van der Waals surface area (Å²) in [6.07, 6.45) is 4.89. The van der Waals surface area contributed by atoms with Crippen LogP contribution in [0.5, 0.6) is 0 Å². The van der Waals surface area contributed by atoms with Crippen LogP contribution in [-0.2, 0) is 23.2 Å². The molecule has 2 aromatic rings. The van der Waals surface area contributed by atoms with Crippen LogP contribution >= 0.6 is 11.3 Å². The minimum atomic E-state index is -0.258. The summed E-state index contributed by atoms with van der Waals surface area (Å²) in [5.41, 5.74) is 1.72. The average molecular weight is 321 g/mol. The molecule has 6 nitrogen and oxygen atoms in total. The lowest BCUT2D eigenvalue weighted by Gasteiger charge is -2.17. The SMILES string of the molecule is COCC(NC(=O)C=Cc1cc(CO)cs1)c1ccnn1C. The van der Waals surface area contributed by atoms with Gasteiger partial charge in [-0.2, -0.15) is 5.10 Å². The predicted octanol–water partition coefficient (Wildman–Crippen LogP) is 1.49. The molecule has 0 aromatic carbocycles. The molecule has 118 valence electrons. The Morgan fingerprint density at radius 3 is 3.05 bits per heavy atom. The molecule has 0 aliphatic heterocycles. The van der Waals surface area contributed by atoms with E-state index in [1.165, 1.54) is 17.4 Å². The van der Waals surface area contributed by atoms with E-state index in [1.54, 1.807) is 24.1 Å². The second-order valence-electron chi connectivity index (χ2n) is 4.74. The van der Waals surface area contributed by atoms with Crippen LogP contribution in [0.25, 0.3) is 6.08 Å². The highest BCUT2D eigenvalue weighted by molar-refractivity contribution is 7.11. The minimum Gasteiger partial charge on any atom is -0.392 e. The maximum absolute atomic E-state index is 12.1. The third kappa shape index (κ3) is 4.27. The summed E-state index contributed by atoms with van der Waals surface area (Å²) in [6.45, 7) is 0.375. The summed E-state index contributed by atoms with van der Waals surface area (Å²) >= 11 is 1.48. The second-order valence-corrected chi connectivity index (χ2v) is 5.69. The van der Waals surface area contributed by atoms with Crippen molar-refractivity contribution in [3.8, 4) is 0 Å². The molecule has 2 heterocycles. The van der Waals surface area contributed by atoms with Gasteiger partial charge < -0.3 is 15.2 Å². The number of nitrogens with zero attached hydrogens (tertiary/aromatic N) is 2. The topological polar surface area (TPSA) is 76.4 Å². The van der Waals surface area contributed by atoms with Crippen molar-refractivity contribution < 1.29 is 14.6 Å². The fraction of sp³-hybridized carbons (Fsp3) is 0.333. The molecule has 7 heteroatoms. The Morgan fingerprint density at radius 2 is 2.45 bits per heavy atom. The van der Waals surface area contributed by atoms with Crippen molar-refractivity contribution in [1.82, 2.24) is 15.1 Å². The summed E-state index contributed by atoms with van der Waals surface area (Å²) in [7, 11) is 3.41. The third-order valence-corrected chi connectivity index (χ3v) is 4.07. The zero-order valence-electron chi connectivity index (χ0n) is 12.5. The van der Waals surface area contributed by atoms with Gasteiger partial charge in [-0.1, -0.05) is 0 Å². The van der Waals surface area contributed by atoms with Crippen molar-refractivity contribution in [3.63, 3.8) is 0 Å². The first-order chi connectivity index (χ1) is 10.6. The van der Waals surface area contributed by atoms with E-state index in [9.17, 15) is 4.79 Å². The number of hydrogen-bond donors (Lipinski definition) is 2. The van der Waals surface area contributed by atoms with Gasteiger partial charge in [0.1, 0.15) is 0 Å². The van der Waals surface area contributed by atoms with Crippen molar-refractivity contribution >= 4 is 23.3 Å². The number of carbonyl (C=O) groups is 1. The number of aliphatic hydroxyl groups excluding tert-OH is 1. The van der Waals surface area contributed by atoms with Crippen molar-refractivity contribution in [2.45, 2.75) is 12.6 Å². The van der Waals surface area contributed by atoms with Crippen LogP contribution in [0.15, 0.2) is 29.8 Å². The number of aliphatic hydroxyl groups is 1. The highest BCUT2D eigenvalue weighted by Gasteiger charge is 2.16. The van der Waals surface area contributed by atoms with Crippen LogP contribution < -0.4 is 5.32 Å². The Bertz CT molecular complexity index is 648. The molecule has 1 unspecified atom stereocenters. The Hall–Kier alpha value is -1.96. The second kappa shape index (κ2) is 7.88. The Kier molecular flexibility index (Phi) is 5.88. The molecule has 0 aliphatic carbocycles. The number of ether oxygens (including phenoxy) is 1. The molecular formula is C15H19N3O3S. The molecule has 2 N–H and O–H groups in total. The van der Waals surface area contributed by atoms with Gasteiger partial charge in [0.15, 0.2) is 0 Å². The van der Waals surface area contributed by atoms with Gasteiger partial charge in [0.2, 0.25) is 5.91 Å². The predicted molar refractivity (Wildman–Crippen MR) is 85.2 cm³/mol. The Labute approximate surface area is 133 Å². The molecule has 0 radical (unpaired) electrons. The Morgan fingerprint density at radius 1 is 1.64 bits per heavy atom. The van der Waals surface area contributed by atoms with E-state index >= 15 is 0 Å². The van der Waals surface area contributed by atoms with E-state index in [0.29, 0.717) is 6.61 Å². The average Bonchev–Trinajstić information content (AvgIpc) is 3.13. The van der Waals surface area contributed by atoms with Gasteiger partial charge in [0, 0.05) is 31.3 Å². The van der Waals surface area contributed by atoms with Crippen LogP contribution in [0.4, 0.5) is 0 Å². The number of nitrogens with one attached hydrogen (secondary N) is 1. The maximum Gasteiger partial charge on any atom is 0.244 e. The minimum absolute atomic E-state index is 0.00688. The number of thiophene rings is 1. The molecule has 2 rings (SSSR count). The number of hydrogen-bond acceptors (Lipinski definition) is 5. The van der Waals surface area contributed by atoms with Crippen molar-refractivity contribution in [2.24, 2.45) is 7.05 Å². The van der Waals surface area contributed by atoms with Gasteiger partial charge in [-0.3, -0.25) is 9.48 Å². The first kappa shape index (κ1) is 16.4. The molecule has 0 aliphatic rings. The van der Waals surface area contributed by atoms with Gasteiger partial charge in [0.25, 0.3) is 0 Å². The number of amides is 1. The molecule has 0 fully saturated rings. The molecule has 0 saturated heterocycles. The van der Waals surface area contributed by atoms with Gasteiger partial charge in [-0.15, -0.1) is 11.3 Å². The first-order valence-corrected chi connectivity index (χ1v) is 7.65. The van der Waals surface area contributed by atoms with Gasteiger partial charge in [-0.25, -0.2) is 0 Å². The lowest BCUT2D eigenvalue weighted by atomic mass is 10.2. The summed E-state index contributed by atoms with van der Waals surface area (Å²) in [5, 5.41) is 17.9. The maximum atomic E-state index is 12.1. The summed E-state index contributed by atoms with van der Waals surface area (Å²) in [5.74, 6) is -0.206. The number of carbonyl (C=O) groups excluding carboxylic acids is 1. The zero-order chi connectivity index (χ0) is 15.9. The zero-order valence-corrected chi connectivity index (χ0v) is 13.3. The van der Waals surface area contributed by atoms with Crippen LogP contribution in [0.2, 0.25) is 0 Å². The van der Waals surface area contributed by atoms with Crippen LogP contribution in [0.3, 0.4) is 0 Å². The lowest BCUT2D eigenvalue weighted by Crippen LogP contribution is -2.31. The highest BCUT2D eigenvalue weighted by atomic mass is 32.1. The molecule has 0 bridgehead atoms. The van der Waals surface area contributed by atoms with E-state index in [4.69, 9.17) is 9.84 Å². The molecule has 1 amide bonds. The van der Waals surface area contributed by atoms with Crippen molar-refractivity contribution in [3.05, 3.63) is 45.9 Å². The van der Waals surface area contributed by atoms with Crippen molar-refractivity contribution in [1.29, 1.82) is 0 Å². The van der Waals surface area contributed by atoms with E-state index in [0.717, 1.165) is 16.1 Å². The van der Waals surface area contributed by atoms with E-state index in [-0.39, 0.29) is 18.6 Å². The fourth-order valence-electron chi connectivity index (χ4n) is 2.04. The standard InChI is InChI=1S/C15H19N3O3S/c1-18-14(5-6-16-18)13(9-21-2)17-15(20)4-3-12-7-11(8-19)10-22-12/h3-7,10,13,19H,8-9H2,1-2H3,(H,17,20). The smallest absolute Gasteiger partial charge is 0.244 e. The molecule has 2 aromatic heterocycles. The molecule has 0 spiro atoms. The molecule has 0 saturated carbocycles. The summed E-state index contributed by atoms with van der Waals surface area (Å²) in [6, 6.07) is 3.44. The van der Waals surface area contributed by atoms with E-state index in [1.807, 2.05) is 24.6 Å². The lowest BCUT2D eigenvalue weighted by molar-refractivity contribution is -0.117. The number of aromatic nitrogens is 2. The molecular weight excluding hydrogens is 302 g/mol. The largest absolute Gasteiger partial charge is 0.392 e. The number of rotatable bonds is 7. The van der Waals surface area contributed by atoms with E-state index in [2.05, 4.69) is 10.4 Å². The fourth-order valence-corrected chi connectivity index (χ4v) is 2.83. The van der Waals surface area contributed by atoms with Gasteiger partial charge in [-0.05, 0) is 29.2 Å². The highest BCUT2D eigenvalue weighted by Crippen LogP contribution is 2.16. The first-order valence-electron chi connectivity index (χ1n) is 6.77. The molecule has 1 atom stereocenters. The van der Waals surface area contributed by atoms with E-state index < -0.39 is 0 Å². The van der Waals surface area contributed by atoms with Gasteiger partial charge in [0.05, 0.1) is 24.9 Å². The normalized spacial score (nSPS) is 12.7. The Balaban J connectivity index is 2.00. The summed E-state index contributed by atoms with van der Waals surface area (Å²) in [4.78, 5) is 13.0. The quantitative estimate of drug-likeness (QED) is 0.758. The monoisotopic (exact) mass is 321 g/mol. The molecule has 22 heavy (non-hydrogen) atoms. The third-order valence-electron chi connectivity index (χ3n) is 3.12. The number of methoxy groups -OCH3 is 1. The summed E-state index contributed by atoms with van der Waals surface area (Å²) < 4.78 is 6.87. The van der Waals surface area contributed by atoms with Crippen LogP contribution in [0, 0.1) is 0 Å². The van der Waals surface area contributed by atoms with Crippen molar-refractivity contribution in [2.75, 3.05) is 13.7 Å². The number of aryl methyl sites for hydroxylation is 1. The van der Waals surface area contributed by atoms with Gasteiger partial charge >= 0.3 is 0 Å². The van der Waals surface area contributed by atoms with Crippen LogP contribution in [0.1, 0.15) is 22.2 Å². The van der Waals surface area contributed by atoms with Crippen LogP contribution in [-0.4, -0.2) is 34.5 Å².